The number of nitrogens with zero attached hydrogens (tertiary/aromatic N) is 2. The number of carbonyl (C=O) groups is 1. The molecule has 3 rings (SSSR count). The van der Waals surface area contributed by atoms with Gasteiger partial charge in [-0.2, -0.15) is 0 Å². The van der Waals surface area contributed by atoms with E-state index in [0.717, 1.165) is 41.3 Å². The Balaban J connectivity index is 1.78. The first-order chi connectivity index (χ1) is 15.6. The second-order valence-corrected chi connectivity index (χ2v) is 9.00. The molecule has 4 heteroatoms. The second kappa shape index (κ2) is 12.9. The number of unbranched alkanes of at least 4 members (excludes halogenated alkanes) is 1. The van der Waals surface area contributed by atoms with Gasteiger partial charge in [-0.3, -0.25) is 4.79 Å². The summed E-state index contributed by atoms with van der Waals surface area (Å²) in [6, 6.07) is 28.7. The Hall–Kier alpha value is -2.82. The van der Waals surface area contributed by atoms with Crippen LogP contribution in [-0.4, -0.2) is 38.0 Å². The van der Waals surface area contributed by atoms with Gasteiger partial charge in [0.05, 0.1) is 5.69 Å². The van der Waals surface area contributed by atoms with E-state index >= 15 is 0 Å². The van der Waals surface area contributed by atoms with E-state index in [0.29, 0.717) is 6.54 Å². The molecule has 0 fully saturated rings. The smallest absolute Gasteiger partial charge is 0.251 e. The van der Waals surface area contributed by atoms with Gasteiger partial charge in [0.25, 0.3) is 5.91 Å². The molecule has 0 radical (unpaired) electrons. The van der Waals surface area contributed by atoms with E-state index in [1.54, 1.807) is 17.8 Å². The molecule has 0 saturated heterocycles. The number of rotatable bonds is 11. The first-order valence-corrected chi connectivity index (χ1v) is 12.1. The first kappa shape index (κ1) is 23.8. The molecule has 3 nitrogen and oxygen atoms in total. The van der Waals surface area contributed by atoms with Crippen LogP contribution in [0.3, 0.4) is 0 Å². The summed E-state index contributed by atoms with van der Waals surface area (Å²) in [5.74, 6) is 0.895. The van der Waals surface area contributed by atoms with Crippen molar-refractivity contribution in [2.75, 3.05) is 32.1 Å². The summed E-state index contributed by atoms with van der Waals surface area (Å²) in [6.45, 7) is 1.72. The summed E-state index contributed by atoms with van der Waals surface area (Å²) < 4.78 is 0. The van der Waals surface area contributed by atoms with Gasteiger partial charge in [0.2, 0.25) is 0 Å². The third-order valence-corrected chi connectivity index (χ3v) is 6.25. The maximum atomic E-state index is 13.3. The van der Waals surface area contributed by atoms with Crippen molar-refractivity contribution in [3.8, 4) is 0 Å². The largest absolute Gasteiger partial charge is 0.309 e. The minimum Gasteiger partial charge on any atom is -0.309 e. The molecule has 0 aliphatic rings. The minimum atomic E-state index is 0.0199. The van der Waals surface area contributed by atoms with E-state index < -0.39 is 0 Å². The van der Waals surface area contributed by atoms with Gasteiger partial charge in [-0.25, -0.2) is 0 Å². The molecule has 166 valence electrons. The maximum absolute atomic E-state index is 13.3. The molecular formula is C28H32N2OS. The van der Waals surface area contributed by atoms with E-state index in [1.165, 1.54) is 5.56 Å². The molecular weight excluding hydrogens is 412 g/mol. The molecule has 0 saturated carbocycles. The zero-order valence-corrected chi connectivity index (χ0v) is 19.8. The van der Waals surface area contributed by atoms with E-state index in [4.69, 9.17) is 0 Å². The maximum Gasteiger partial charge on any atom is 0.251 e. The van der Waals surface area contributed by atoms with Crippen molar-refractivity contribution in [3.05, 3.63) is 102 Å². The van der Waals surface area contributed by atoms with Crippen LogP contribution < -0.4 is 4.90 Å². The quantitative estimate of drug-likeness (QED) is 0.195. The van der Waals surface area contributed by atoms with Crippen LogP contribution in [0.2, 0.25) is 0 Å². The number of amides is 1. The van der Waals surface area contributed by atoms with Gasteiger partial charge in [-0.15, -0.1) is 11.8 Å². The summed E-state index contributed by atoms with van der Waals surface area (Å²) >= 11 is 1.78. The van der Waals surface area contributed by atoms with Crippen molar-refractivity contribution in [2.24, 2.45) is 0 Å². The van der Waals surface area contributed by atoms with Gasteiger partial charge in [0.15, 0.2) is 0 Å². The van der Waals surface area contributed by atoms with Crippen LogP contribution in [0, 0.1) is 0 Å². The van der Waals surface area contributed by atoms with Crippen molar-refractivity contribution >= 4 is 29.4 Å². The molecule has 0 heterocycles. The minimum absolute atomic E-state index is 0.0199. The number of anilines is 1. The molecule has 0 aromatic heterocycles. The summed E-state index contributed by atoms with van der Waals surface area (Å²) in [6.07, 6.45) is 5.61. The Labute approximate surface area is 196 Å². The Kier molecular flexibility index (Phi) is 9.60. The summed E-state index contributed by atoms with van der Waals surface area (Å²) in [5, 5.41) is 0. The fourth-order valence-electron chi connectivity index (χ4n) is 3.41. The molecule has 0 N–H and O–H groups in total. The van der Waals surface area contributed by atoms with Crippen LogP contribution in [0.5, 0.6) is 0 Å². The van der Waals surface area contributed by atoms with Crippen molar-refractivity contribution in [1.82, 2.24) is 4.90 Å². The number of carbonyl (C=O) groups excluding carboxylic acids is 1. The highest BCUT2D eigenvalue weighted by atomic mass is 32.2. The molecule has 0 bridgehead atoms. The monoisotopic (exact) mass is 444 g/mol. The van der Waals surface area contributed by atoms with Gasteiger partial charge < -0.3 is 9.80 Å². The molecule has 3 aromatic rings. The van der Waals surface area contributed by atoms with Crippen LogP contribution >= 0.6 is 11.8 Å². The fourth-order valence-corrected chi connectivity index (χ4v) is 4.42. The second-order valence-electron chi connectivity index (χ2n) is 7.99. The predicted octanol–water partition coefficient (Wildman–Crippen LogP) is 6.37. The zero-order chi connectivity index (χ0) is 22.6. The van der Waals surface area contributed by atoms with Crippen LogP contribution in [0.25, 0.3) is 6.08 Å². The predicted molar refractivity (Wildman–Crippen MR) is 138 cm³/mol. The zero-order valence-electron chi connectivity index (χ0n) is 19.0. The molecule has 1 amide bonds. The number of thioether (sulfide) groups is 1. The van der Waals surface area contributed by atoms with E-state index in [2.05, 4.69) is 55.4 Å². The van der Waals surface area contributed by atoms with Crippen molar-refractivity contribution < 1.29 is 4.79 Å². The summed E-state index contributed by atoms with van der Waals surface area (Å²) in [4.78, 5) is 18.5. The standard InChI is InChI=1S/C28H32N2OS/c1-29(2)21-11-12-22-30(28(31)20-19-24-13-5-3-6-14-24)26-17-9-10-18-27(26)32-23-25-15-7-4-8-16-25/h3-10,13-20H,11-12,21-23H2,1-2H3/b20-19+. The van der Waals surface area contributed by atoms with Gasteiger partial charge in [-0.05, 0) is 62.8 Å². The van der Waals surface area contributed by atoms with E-state index in [-0.39, 0.29) is 5.91 Å². The van der Waals surface area contributed by atoms with Gasteiger partial charge >= 0.3 is 0 Å². The van der Waals surface area contributed by atoms with Gasteiger partial charge in [0, 0.05) is 23.3 Å². The lowest BCUT2D eigenvalue weighted by Gasteiger charge is -2.24. The topological polar surface area (TPSA) is 23.6 Å². The molecule has 0 spiro atoms. The molecule has 3 aromatic carbocycles. The van der Waals surface area contributed by atoms with E-state index in [9.17, 15) is 4.79 Å². The van der Waals surface area contributed by atoms with E-state index in [1.807, 2.05) is 59.5 Å². The van der Waals surface area contributed by atoms with Crippen molar-refractivity contribution in [2.45, 2.75) is 23.5 Å². The number of hydrogen-bond donors (Lipinski definition) is 0. The SMILES string of the molecule is CN(C)CCCCN(C(=O)/C=C/c1ccccc1)c1ccccc1SCc1ccccc1. The first-order valence-electron chi connectivity index (χ1n) is 11.1. The normalized spacial score (nSPS) is 11.2. The molecule has 0 aliphatic carbocycles. The third-order valence-electron chi connectivity index (χ3n) is 5.11. The number of para-hydroxylation sites is 1. The summed E-state index contributed by atoms with van der Waals surface area (Å²) in [7, 11) is 4.17. The molecule has 0 aliphatic heterocycles. The lowest BCUT2D eigenvalue weighted by atomic mass is 10.2. The average molecular weight is 445 g/mol. The summed E-state index contributed by atoms with van der Waals surface area (Å²) in [5.41, 5.74) is 3.29. The van der Waals surface area contributed by atoms with Gasteiger partial charge in [0.1, 0.15) is 0 Å². The molecule has 32 heavy (non-hydrogen) atoms. The highest BCUT2D eigenvalue weighted by molar-refractivity contribution is 7.98. The van der Waals surface area contributed by atoms with Crippen molar-refractivity contribution in [3.63, 3.8) is 0 Å². The Morgan fingerprint density at radius 1 is 0.812 bits per heavy atom. The van der Waals surface area contributed by atoms with Crippen LogP contribution in [0.15, 0.2) is 95.9 Å². The van der Waals surface area contributed by atoms with Crippen LogP contribution in [0.4, 0.5) is 5.69 Å². The molecule has 0 unspecified atom stereocenters. The van der Waals surface area contributed by atoms with Gasteiger partial charge in [-0.1, -0.05) is 72.8 Å². The van der Waals surface area contributed by atoms with Crippen molar-refractivity contribution in [1.29, 1.82) is 0 Å². The van der Waals surface area contributed by atoms with Crippen LogP contribution in [-0.2, 0) is 10.5 Å². The fraction of sp³-hybridized carbons (Fsp3) is 0.250. The molecule has 0 atom stereocenters. The van der Waals surface area contributed by atoms with Crippen LogP contribution in [0.1, 0.15) is 24.0 Å². The Morgan fingerprint density at radius 3 is 2.16 bits per heavy atom. The highest BCUT2D eigenvalue weighted by Crippen LogP contribution is 2.33. The Morgan fingerprint density at radius 2 is 1.44 bits per heavy atom. The average Bonchev–Trinajstić information content (AvgIpc) is 2.83. The lowest BCUT2D eigenvalue weighted by molar-refractivity contribution is -0.114. The Bertz CT molecular complexity index is 987. The number of benzene rings is 3. The lowest BCUT2D eigenvalue weighted by Crippen LogP contribution is -2.31. The highest BCUT2D eigenvalue weighted by Gasteiger charge is 2.17. The number of hydrogen-bond acceptors (Lipinski definition) is 3. The third kappa shape index (κ3) is 7.70.